The first-order valence-corrected chi connectivity index (χ1v) is 7.82. The minimum Gasteiger partial charge on any atom is -0.452 e. The standard InChI is InChI=1S/C19H9N5O2/c20-8-12-9-21-24-10-15(22-23-19(12)24)18(25)17-7-14-13-4-2-1-3-11(13)5-6-16(14)26-17/h1-7,9-10H. The number of carbonyl (C=O) groups is 1. The van der Waals surface area contributed by atoms with Crippen molar-refractivity contribution in [2.24, 2.45) is 0 Å². The second-order valence-electron chi connectivity index (χ2n) is 5.79. The zero-order chi connectivity index (χ0) is 17.7. The van der Waals surface area contributed by atoms with Crippen LogP contribution < -0.4 is 0 Å². The molecule has 0 saturated heterocycles. The van der Waals surface area contributed by atoms with E-state index in [2.05, 4.69) is 15.3 Å². The largest absolute Gasteiger partial charge is 0.452 e. The summed E-state index contributed by atoms with van der Waals surface area (Å²) in [4.78, 5) is 12.8. The summed E-state index contributed by atoms with van der Waals surface area (Å²) in [7, 11) is 0. The van der Waals surface area contributed by atoms with Crippen LogP contribution in [-0.2, 0) is 0 Å². The van der Waals surface area contributed by atoms with Gasteiger partial charge in [-0.15, -0.1) is 10.2 Å². The van der Waals surface area contributed by atoms with Crippen LogP contribution in [0.4, 0.5) is 0 Å². The van der Waals surface area contributed by atoms with Crippen LogP contribution in [0.15, 0.2) is 59.3 Å². The molecule has 3 heterocycles. The van der Waals surface area contributed by atoms with E-state index in [0.717, 1.165) is 16.2 Å². The van der Waals surface area contributed by atoms with E-state index in [1.807, 2.05) is 42.5 Å². The highest BCUT2D eigenvalue weighted by molar-refractivity contribution is 6.12. The van der Waals surface area contributed by atoms with Crippen molar-refractivity contribution in [2.75, 3.05) is 0 Å². The minimum absolute atomic E-state index is 0.0912. The second kappa shape index (κ2) is 5.22. The molecule has 0 atom stereocenters. The number of aromatic nitrogens is 4. The third kappa shape index (κ3) is 1.99. The van der Waals surface area contributed by atoms with Gasteiger partial charge in [0, 0.05) is 5.39 Å². The Bertz CT molecular complexity index is 1370. The Morgan fingerprint density at radius 1 is 1.12 bits per heavy atom. The van der Waals surface area contributed by atoms with Gasteiger partial charge in [0.25, 0.3) is 0 Å². The number of carbonyl (C=O) groups excluding carboxylic acids is 1. The number of ketones is 1. The van der Waals surface area contributed by atoms with Crippen LogP contribution >= 0.6 is 0 Å². The average molecular weight is 339 g/mol. The molecule has 0 aliphatic carbocycles. The summed E-state index contributed by atoms with van der Waals surface area (Å²) in [5.41, 5.74) is 1.33. The number of hydrogen-bond acceptors (Lipinski definition) is 6. The molecule has 0 radical (unpaired) electrons. The molecule has 0 spiro atoms. The molecule has 0 fully saturated rings. The number of hydrogen-bond donors (Lipinski definition) is 0. The number of fused-ring (bicyclic) bond motifs is 4. The van der Waals surface area contributed by atoms with Gasteiger partial charge in [-0.25, -0.2) is 4.52 Å². The average Bonchev–Trinajstić information content (AvgIpc) is 3.30. The van der Waals surface area contributed by atoms with Crippen molar-refractivity contribution in [3.8, 4) is 6.07 Å². The first-order chi connectivity index (χ1) is 12.7. The van der Waals surface area contributed by atoms with Crippen LogP contribution in [0.2, 0.25) is 0 Å². The molecule has 26 heavy (non-hydrogen) atoms. The Kier molecular flexibility index (Phi) is 2.87. The summed E-state index contributed by atoms with van der Waals surface area (Å²) < 4.78 is 7.09. The van der Waals surface area contributed by atoms with Crippen molar-refractivity contribution in [2.45, 2.75) is 0 Å². The number of nitriles is 1. The Labute approximate surface area is 146 Å². The highest BCUT2D eigenvalue weighted by Crippen LogP contribution is 2.28. The maximum Gasteiger partial charge on any atom is 0.249 e. The van der Waals surface area contributed by atoms with E-state index in [4.69, 9.17) is 9.68 Å². The third-order valence-corrected chi connectivity index (χ3v) is 4.27. The van der Waals surface area contributed by atoms with Crippen LogP contribution in [0, 0.1) is 11.3 Å². The fraction of sp³-hybridized carbons (Fsp3) is 0. The molecule has 7 nitrogen and oxygen atoms in total. The van der Waals surface area contributed by atoms with Crippen molar-refractivity contribution >= 4 is 33.2 Å². The molecule has 2 aromatic carbocycles. The maximum absolute atomic E-state index is 12.8. The Hall–Kier alpha value is -4.05. The van der Waals surface area contributed by atoms with Crippen LogP contribution in [0.25, 0.3) is 27.4 Å². The Balaban J connectivity index is 1.64. The van der Waals surface area contributed by atoms with Gasteiger partial charge in [0.2, 0.25) is 5.78 Å². The summed E-state index contributed by atoms with van der Waals surface area (Å²) in [6.07, 6.45) is 2.82. The molecule has 0 aliphatic rings. The normalized spacial score (nSPS) is 11.2. The Morgan fingerprint density at radius 3 is 2.88 bits per heavy atom. The number of benzene rings is 2. The summed E-state index contributed by atoms with van der Waals surface area (Å²) >= 11 is 0. The molecule has 3 aromatic heterocycles. The highest BCUT2D eigenvalue weighted by atomic mass is 16.3. The zero-order valence-electron chi connectivity index (χ0n) is 13.2. The predicted octanol–water partition coefficient (Wildman–Crippen LogP) is 3.13. The van der Waals surface area contributed by atoms with Gasteiger partial charge in [-0.3, -0.25) is 4.79 Å². The molecule has 122 valence electrons. The van der Waals surface area contributed by atoms with Crippen molar-refractivity contribution in [1.29, 1.82) is 5.26 Å². The van der Waals surface area contributed by atoms with Crippen molar-refractivity contribution < 1.29 is 9.21 Å². The summed E-state index contributed by atoms with van der Waals surface area (Å²) in [6.45, 7) is 0. The van der Waals surface area contributed by atoms with Crippen molar-refractivity contribution in [1.82, 2.24) is 19.8 Å². The number of furan rings is 1. The van der Waals surface area contributed by atoms with Crippen LogP contribution in [-0.4, -0.2) is 25.6 Å². The fourth-order valence-electron chi connectivity index (χ4n) is 3.01. The molecule has 0 aliphatic heterocycles. The lowest BCUT2D eigenvalue weighted by molar-refractivity contribution is 0.100. The molecule has 0 unspecified atom stereocenters. The lowest BCUT2D eigenvalue weighted by Gasteiger charge is -1.97. The third-order valence-electron chi connectivity index (χ3n) is 4.27. The molecule has 7 heteroatoms. The lowest BCUT2D eigenvalue weighted by Crippen LogP contribution is -2.07. The molecule has 5 aromatic rings. The van der Waals surface area contributed by atoms with Gasteiger partial charge >= 0.3 is 0 Å². The first kappa shape index (κ1) is 14.3. The number of nitrogens with zero attached hydrogens (tertiary/aromatic N) is 5. The molecular formula is C19H9N5O2. The lowest BCUT2D eigenvalue weighted by atomic mass is 10.1. The predicted molar refractivity (Wildman–Crippen MR) is 92.6 cm³/mol. The van der Waals surface area contributed by atoms with Crippen LogP contribution in [0.1, 0.15) is 21.8 Å². The van der Waals surface area contributed by atoms with E-state index < -0.39 is 5.78 Å². The number of rotatable bonds is 2. The molecule has 0 amide bonds. The van der Waals surface area contributed by atoms with E-state index in [0.29, 0.717) is 16.8 Å². The first-order valence-electron chi connectivity index (χ1n) is 7.82. The molecule has 0 bridgehead atoms. The molecule has 0 N–H and O–H groups in total. The van der Waals surface area contributed by atoms with E-state index in [-0.39, 0.29) is 11.5 Å². The van der Waals surface area contributed by atoms with Gasteiger partial charge in [0.1, 0.15) is 17.2 Å². The van der Waals surface area contributed by atoms with Gasteiger partial charge in [0.15, 0.2) is 17.1 Å². The van der Waals surface area contributed by atoms with Gasteiger partial charge in [-0.05, 0) is 22.9 Å². The van der Waals surface area contributed by atoms with Crippen LogP contribution in [0.3, 0.4) is 0 Å². The molecule has 0 saturated carbocycles. The summed E-state index contributed by atoms with van der Waals surface area (Å²) in [5.74, 6) is -0.216. The fourth-order valence-corrected chi connectivity index (χ4v) is 3.01. The van der Waals surface area contributed by atoms with Crippen molar-refractivity contribution in [3.63, 3.8) is 0 Å². The summed E-state index contributed by atoms with van der Waals surface area (Å²) in [6, 6.07) is 15.4. The summed E-state index contributed by atoms with van der Waals surface area (Å²) in [5, 5.41) is 23.8. The van der Waals surface area contributed by atoms with Gasteiger partial charge < -0.3 is 4.42 Å². The topological polar surface area (TPSA) is 97.1 Å². The Morgan fingerprint density at radius 2 is 2.00 bits per heavy atom. The van der Waals surface area contributed by atoms with E-state index in [1.165, 1.54) is 16.9 Å². The highest BCUT2D eigenvalue weighted by Gasteiger charge is 2.19. The molecular weight excluding hydrogens is 330 g/mol. The zero-order valence-corrected chi connectivity index (χ0v) is 13.2. The van der Waals surface area contributed by atoms with Crippen molar-refractivity contribution in [3.05, 3.63) is 71.9 Å². The van der Waals surface area contributed by atoms with E-state index in [1.54, 1.807) is 6.07 Å². The smallest absolute Gasteiger partial charge is 0.249 e. The van der Waals surface area contributed by atoms with Gasteiger partial charge in [0.05, 0.1) is 12.4 Å². The maximum atomic E-state index is 12.8. The second-order valence-corrected chi connectivity index (χ2v) is 5.79. The monoisotopic (exact) mass is 339 g/mol. The quantitative estimate of drug-likeness (QED) is 0.458. The minimum atomic E-state index is -0.395. The van der Waals surface area contributed by atoms with Gasteiger partial charge in [-0.2, -0.15) is 10.4 Å². The van der Waals surface area contributed by atoms with Gasteiger partial charge in [-0.1, -0.05) is 30.3 Å². The van der Waals surface area contributed by atoms with Crippen LogP contribution in [0.5, 0.6) is 0 Å². The molecule has 5 rings (SSSR count). The van der Waals surface area contributed by atoms with E-state index in [9.17, 15) is 4.79 Å². The SMILES string of the molecule is N#Cc1cnn2cc(C(=O)c3cc4c(ccc5ccccc54)o3)nnc12. The van der Waals surface area contributed by atoms with E-state index >= 15 is 0 Å².